The van der Waals surface area contributed by atoms with Crippen LogP contribution in [0.15, 0.2) is 24.4 Å². The minimum absolute atomic E-state index is 0.0654. The Labute approximate surface area is 135 Å². The molecule has 3 heterocycles. The summed E-state index contributed by atoms with van der Waals surface area (Å²) in [5, 5.41) is 5.80. The fourth-order valence-electron chi connectivity index (χ4n) is 2.98. The van der Waals surface area contributed by atoms with E-state index in [1.54, 1.807) is 12.3 Å². The van der Waals surface area contributed by atoms with E-state index in [1.165, 1.54) is 0 Å². The molecule has 0 aromatic carbocycles. The predicted molar refractivity (Wildman–Crippen MR) is 88.3 cm³/mol. The van der Waals surface area contributed by atoms with Gasteiger partial charge in [0.05, 0.1) is 13.2 Å². The topological polar surface area (TPSA) is 66.5 Å². The molecule has 1 aromatic heterocycles. The second-order valence-electron chi connectivity index (χ2n) is 5.65. The lowest BCUT2D eigenvalue weighted by Crippen LogP contribution is -2.59. The lowest BCUT2D eigenvalue weighted by atomic mass is 9.95. The number of hydrogen-bond acceptors (Lipinski definition) is 5. The maximum atomic E-state index is 12.1. The van der Waals surface area contributed by atoms with Crippen molar-refractivity contribution in [2.24, 2.45) is 0 Å². The van der Waals surface area contributed by atoms with Gasteiger partial charge >= 0.3 is 6.03 Å². The van der Waals surface area contributed by atoms with E-state index in [9.17, 15) is 4.79 Å². The minimum Gasteiger partial charge on any atom is -0.379 e. The van der Waals surface area contributed by atoms with Crippen LogP contribution in [0.25, 0.3) is 0 Å². The van der Waals surface area contributed by atoms with Crippen molar-refractivity contribution in [1.82, 2.24) is 15.2 Å². The number of nitrogens with zero attached hydrogens (tertiary/aromatic N) is 2. The molecule has 0 saturated carbocycles. The summed E-state index contributed by atoms with van der Waals surface area (Å²) >= 11 is 1.96. The SMILES string of the molecule is O=C(NC[C@]1(N2CCOCC2)CCSC1)Nc1ccccn1. The van der Waals surface area contributed by atoms with Crippen LogP contribution in [0.2, 0.25) is 0 Å². The molecule has 0 aliphatic carbocycles. The normalized spacial score (nSPS) is 25.8. The first-order valence-electron chi connectivity index (χ1n) is 7.65. The predicted octanol–water partition coefficient (Wildman–Crippen LogP) is 1.41. The van der Waals surface area contributed by atoms with Crippen molar-refractivity contribution >= 4 is 23.6 Å². The number of hydrogen-bond donors (Lipinski definition) is 2. The third kappa shape index (κ3) is 3.71. The number of aromatic nitrogens is 1. The molecule has 120 valence electrons. The molecule has 2 aliphatic heterocycles. The van der Waals surface area contributed by atoms with Gasteiger partial charge in [-0.3, -0.25) is 10.2 Å². The van der Waals surface area contributed by atoms with Gasteiger partial charge in [0.25, 0.3) is 0 Å². The zero-order chi connectivity index (χ0) is 15.3. The number of urea groups is 1. The molecule has 2 aliphatic rings. The Morgan fingerprint density at radius 3 is 2.95 bits per heavy atom. The molecule has 1 aromatic rings. The average molecular weight is 322 g/mol. The summed E-state index contributed by atoms with van der Waals surface area (Å²) in [5.74, 6) is 2.79. The number of ether oxygens (including phenoxy) is 1. The number of rotatable bonds is 4. The summed E-state index contributed by atoms with van der Waals surface area (Å²) in [5.41, 5.74) is 0.0654. The van der Waals surface area contributed by atoms with Gasteiger partial charge in [-0.25, -0.2) is 9.78 Å². The molecule has 1 atom stereocenters. The Morgan fingerprint density at radius 2 is 2.27 bits per heavy atom. The Balaban J connectivity index is 1.56. The van der Waals surface area contributed by atoms with Crippen molar-refractivity contribution in [3.05, 3.63) is 24.4 Å². The number of carbonyl (C=O) groups excluding carboxylic acids is 1. The Bertz CT molecular complexity index is 488. The summed E-state index contributed by atoms with van der Waals surface area (Å²) < 4.78 is 5.45. The van der Waals surface area contributed by atoms with Gasteiger partial charge in [-0.05, 0) is 24.3 Å². The van der Waals surface area contributed by atoms with Gasteiger partial charge in [0.2, 0.25) is 0 Å². The van der Waals surface area contributed by atoms with Crippen molar-refractivity contribution in [3.63, 3.8) is 0 Å². The number of morpholine rings is 1. The smallest absolute Gasteiger partial charge is 0.320 e. The van der Waals surface area contributed by atoms with E-state index >= 15 is 0 Å². The van der Waals surface area contributed by atoms with Crippen LogP contribution in [-0.4, -0.2) is 65.8 Å². The number of amides is 2. The van der Waals surface area contributed by atoms with E-state index in [0.29, 0.717) is 12.4 Å². The maximum absolute atomic E-state index is 12.1. The second-order valence-corrected chi connectivity index (χ2v) is 6.75. The molecule has 2 N–H and O–H groups in total. The van der Waals surface area contributed by atoms with Crippen molar-refractivity contribution in [3.8, 4) is 0 Å². The molecule has 2 fully saturated rings. The van der Waals surface area contributed by atoms with E-state index in [-0.39, 0.29) is 11.6 Å². The van der Waals surface area contributed by atoms with Crippen LogP contribution in [0.4, 0.5) is 10.6 Å². The lowest BCUT2D eigenvalue weighted by molar-refractivity contribution is -0.0123. The Kier molecular flexibility index (Phi) is 5.17. The van der Waals surface area contributed by atoms with Crippen LogP contribution in [0, 0.1) is 0 Å². The second kappa shape index (κ2) is 7.30. The number of nitrogens with one attached hydrogen (secondary N) is 2. The van der Waals surface area contributed by atoms with Gasteiger partial charge in [0.1, 0.15) is 5.82 Å². The lowest BCUT2D eigenvalue weighted by Gasteiger charge is -2.42. The Morgan fingerprint density at radius 1 is 1.41 bits per heavy atom. The van der Waals surface area contributed by atoms with Gasteiger partial charge in [-0.2, -0.15) is 11.8 Å². The van der Waals surface area contributed by atoms with E-state index in [0.717, 1.165) is 44.2 Å². The highest BCUT2D eigenvalue weighted by atomic mass is 32.2. The van der Waals surface area contributed by atoms with Gasteiger partial charge in [-0.1, -0.05) is 6.07 Å². The monoisotopic (exact) mass is 322 g/mol. The first kappa shape index (κ1) is 15.6. The number of anilines is 1. The molecule has 3 rings (SSSR count). The molecule has 7 heteroatoms. The van der Waals surface area contributed by atoms with E-state index in [4.69, 9.17) is 4.74 Å². The van der Waals surface area contributed by atoms with Gasteiger partial charge in [-0.15, -0.1) is 0 Å². The molecule has 0 radical (unpaired) electrons. The van der Waals surface area contributed by atoms with Crippen molar-refractivity contribution in [1.29, 1.82) is 0 Å². The van der Waals surface area contributed by atoms with Crippen LogP contribution in [0.1, 0.15) is 6.42 Å². The Hall–Kier alpha value is -1.31. The fourth-order valence-corrected chi connectivity index (χ4v) is 4.45. The highest BCUT2D eigenvalue weighted by Gasteiger charge is 2.40. The van der Waals surface area contributed by atoms with Crippen LogP contribution >= 0.6 is 11.8 Å². The van der Waals surface area contributed by atoms with Crippen molar-refractivity contribution in [2.45, 2.75) is 12.0 Å². The van der Waals surface area contributed by atoms with E-state index in [1.807, 2.05) is 23.9 Å². The summed E-state index contributed by atoms with van der Waals surface area (Å²) in [4.78, 5) is 18.7. The molecular weight excluding hydrogens is 300 g/mol. The first-order valence-corrected chi connectivity index (χ1v) is 8.80. The van der Waals surface area contributed by atoms with Crippen LogP contribution < -0.4 is 10.6 Å². The van der Waals surface area contributed by atoms with Crippen LogP contribution in [-0.2, 0) is 4.74 Å². The number of pyridine rings is 1. The zero-order valence-electron chi connectivity index (χ0n) is 12.6. The van der Waals surface area contributed by atoms with Crippen molar-refractivity contribution < 1.29 is 9.53 Å². The highest BCUT2D eigenvalue weighted by molar-refractivity contribution is 7.99. The zero-order valence-corrected chi connectivity index (χ0v) is 13.4. The quantitative estimate of drug-likeness (QED) is 0.877. The third-order valence-corrected chi connectivity index (χ3v) is 5.48. The van der Waals surface area contributed by atoms with Gasteiger partial charge < -0.3 is 10.1 Å². The van der Waals surface area contributed by atoms with E-state index in [2.05, 4.69) is 20.5 Å². The van der Waals surface area contributed by atoms with Crippen LogP contribution in [0.3, 0.4) is 0 Å². The summed E-state index contributed by atoms with van der Waals surface area (Å²) in [7, 11) is 0. The minimum atomic E-state index is -0.191. The maximum Gasteiger partial charge on any atom is 0.320 e. The molecule has 0 bridgehead atoms. The van der Waals surface area contributed by atoms with Gasteiger partial charge in [0, 0.05) is 37.1 Å². The van der Waals surface area contributed by atoms with E-state index < -0.39 is 0 Å². The average Bonchev–Trinajstić information content (AvgIpc) is 3.05. The van der Waals surface area contributed by atoms with Crippen LogP contribution in [0.5, 0.6) is 0 Å². The molecule has 22 heavy (non-hydrogen) atoms. The standard InChI is InChI=1S/C15H22N4O2S/c20-14(18-13-3-1-2-5-16-13)17-11-15(4-10-22-12-15)19-6-8-21-9-7-19/h1-3,5H,4,6-12H2,(H2,16,17,18,20)/t15-/m1/s1. The van der Waals surface area contributed by atoms with Gasteiger partial charge in [0.15, 0.2) is 0 Å². The fraction of sp³-hybridized carbons (Fsp3) is 0.600. The molecule has 2 amide bonds. The summed E-state index contributed by atoms with van der Waals surface area (Å²) in [6.07, 6.45) is 2.78. The molecule has 0 spiro atoms. The largest absolute Gasteiger partial charge is 0.379 e. The molecular formula is C15H22N4O2S. The summed E-state index contributed by atoms with van der Waals surface area (Å²) in [6.45, 7) is 4.13. The third-order valence-electron chi connectivity index (χ3n) is 4.25. The van der Waals surface area contributed by atoms with Crippen molar-refractivity contribution in [2.75, 3.05) is 49.7 Å². The highest BCUT2D eigenvalue weighted by Crippen LogP contribution is 2.33. The molecule has 2 saturated heterocycles. The number of carbonyl (C=O) groups is 1. The molecule has 6 nitrogen and oxygen atoms in total. The first-order chi connectivity index (χ1) is 10.8. The molecule has 0 unspecified atom stereocenters. The number of thioether (sulfide) groups is 1. The summed E-state index contributed by atoms with van der Waals surface area (Å²) in [6, 6.07) is 5.27.